The van der Waals surface area contributed by atoms with Crippen LogP contribution in [0.5, 0.6) is 0 Å². The number of nitrogens with one attached hydrogen (secondary N) is 2. The van der Waals surface area contributed by atoms with Crippen molar-refractivity contribution in [1.29, 1.82) is 0 Å². The van der Waals surface area contributed by atoms with Crippen LogP contribution in [0.15, 0.2) is 71.3 Å². The van der Waals surface area contributed by atoms with Gasteiger partial charge < -0.3 is 15.1 Å². The molecule has 2 N–H and O–H groups in total. The molecule has 0 saturated heterocycles. The van der Waals surface area contributed by atoms with E-state index in [9.17, 15) is 9.18 Å². The third kappa shape index (κ3) is 4.46. The number of halogens is 1. The zero-order chi connectivity index (χ0) is 16.8. The fourth-order valence-electron chi connectivity index (χ4n) is 2.30. The summed E-state index contributed by atoms with van der Waals surface area (Å²) in [5, 5.41) is 5.92. The summed E-state index contributed by atoms with van der Waals surface area (Å²) >= 11 is 0. The number of carbonyl (C=O) groups is 1. The number of anilines is 2. The second-order valence-electron chi connectivity index (χ2n) is 5.37. The predicted molar refractivity (Wildman–Crippen MR) is 91.2 cm³/mol. The molecular formula is C19H17FN2O2. The maximum absolute atomic E-state index is 13.1. The molecule has 3 aromatic rings. The SMILES string of the molecule is O=C(Cc1ccc(NCc2ccco2)cc1)Nc1cccc(F)c1. The Morgan fingerprint density at radius 1 is 1.00 bits per heavy atom. The Balaban J connectivity index is 1.52. The molecule has 1 heterocycles. The standard InChI is InChI=1S/C19H17FN2O2/c20-15-3-1-4-17(12-15)22-19(23)11-14-6-8-16(9-7-14)21-13-18-5-2-10-24-18/h1-10,12,21H,11,13H2,(H,22,23). The van der Waals surface area contributed by atoms with E-state index >= 15 is 0 Å². The van der Waals surface area contributed by atoms with E-state index in [1.165, 1.54) is 12.1 Å². The van der Waals surface area contributed by atoms with Crippen LogP contribution >= 0.6 is 0 Å². The minimum Gasteiger partial charge on any atom is -0.467 e. The molecular weight excluding hydrogens is 307 g/mol. The molecule has 0 spiro atoms. The Hall–Kier alpha value is -3.08. The Labute approximate surface area is 139 Å². The van der Waals surface area contributed by atoms with Gasteiger partial charge in [-0.2, -0.15) is 0 Å². The first-order valence-corrected chi connectivity index (χ1v) is 7.60. The number of rotatable bonds is 6. The third-order valence-corrected chi connectivity index (χ3v) is 3.47. The molecule has 1 amide bonds. The predicted octanol–water partition coefficient (Wildman–Crippen LogP) is 4.21. The quantitative estimate of drug-likeness (QED) is 0.714. The number of carbonyl (C=O) groups excluding carboxylic acids is 1. The maximum atomic E-state index is 13.1. The minimum atomic E-state index is -0.375. The van der Waals surface area contributed by atoms with Crippen LogP contribution in [-0.2, 0) is 17.8 Å². The monoisotopic (exact) mass is 324 g/mol. The molecule has 0 aliphatic heterocycles. The van der Waals surface area contributed by atoms with E-state index in [2.05, 4.69) is 10.6 Å². The smallest absolute Gasteiger partial charge is 0.228 e. The van der Waals surface area contributed by atoms with Gasteiger partial charge in [-0.25, -0.2) is 4.39 Å². The van der Waals surface area contributed by atoms with Gasteiger partial charge >= 0.3 is 0 Å². The molecule has 1 aromatic heterocycles. The zero-order valence-corrected chi connectivity index (χ0v) is 13.0. The Morgan fingerprint density at radius 2 is 1.83 bits per heavy atom. The van der Waals surface area contributed by atoms with Crippen LogP contribution < -0.4 is 10.6 Å². The van der Waals surface area contributed by atoms with Crippen molar-refractivity contribution in [2.24, 2.45) is 0 Å². The van der Waals surface area contributed by atoms with Crippen LogP contribution in [0.25, 0.3) is 0 Å². The maximum Gasteiger partial charge on any atom is 0.228 e. The average Bonchev–Trinajstić information content (AvgIpc) is 3.07. The lowest BCUT2D eigenvalue weighted by Gasteiger charge is -2.07. The highest BCUT2D eigenvalue weighted by Gasteiger charge is 2.05. The van der Waals surface area contributed by atoms with Gasteiger partial charge in [0.1, 0.15) is 11.6 Å². The molecule has 24 heavy (non-hydrogen) atoms. The summed E-state index contributed by atoms with van der Waals surface area (Å²) in [5.41, 5.74) is 2.28. The van der Waals surface area contributed by atoms with E-state index in [-0.39, 0.29) is 18.1 Å². The van der Waals surface area contributed by atoms with Crippen LogP contribution in [0, 0.1) is 5.82 Å². The molecule has 5 heteroatoms. The lowest BCUT2D eigenvalue weighted by molar-refractivity contribution is -0.115. The summed E-state index contributed by atoms with van der Waals surface area (Å²) in [4.78, 5) is 12.0. The van der Waals surface area contributed by atoms with Crippen molar-refractivity contribution < 1.29 is 13.6 Å². The molecule has 0 unspecified atom stereocenters. The fraction of sp³-hybridized carbons (Fsp3) is 0.105. The van der Waals surface area contributed by atoms with E-state index in [1.807, 2.05) is 36.4 Å². The Bertz CT molecular complexity index is 798. The van der Waals surface area contributed by atoms with Crippen molar-refractivity contribution in [3.63, 3.8) is 0 Å². The molecule has 0 atom stereocenters. The number of amides is 1. The van der Waals surface area contributed by atoms with Gasteiger partial charge in [-0.1, -0.05) is 18.2 Å². The van der Waals surface area contributed by atoms with Crippen molar-refractivity contribution in [1.82, 2.24) is 0 Å². The first kappa shape index (κ1) is 15.8. The fourth-order valence-corrected chi connectivity index (χ4v) is 2.30. The van der Waals surface area contributed by atoms with Crippen molar-refractivity contribution in [3.05, 3.63) is 84.1 Å². The molecule has 4 nitrogen and oxygen atoms in total. The van der Waals surface area contributed by atoms with Gasteiger partial charge in [0, 0.05) is 11.4 Å². The highest BCUT2D eigenvalue weighted by atomic mass is 19.1. The van der Waals surface area contributed by atoms with E-state index in [4.69, 9.17) is 4.42 Å². The van der Waals surface area contributed by atoms with E-state index in [0.717, 1.165) is 17.0 Å². The first-order chi connectivity index (χ1) is 11.7. The van der Waals surface area contributed by atoms with E-state index < -0.39 is 0 Å². The molecule has 3 rings (SSSR count). The second kappa shape index (κ2) is 7.46. The summed E-state index contributed by atoms with van der Waals surface area (Å²) in [7, 11) is 0. The summed E-state index contributed by atoms with van der Waals surface area (Å²) in [6.07, 6.45) is 1.87. The molecule has 2 aromatic carbocycles. The van der Waals surface area contributed by atoms with Gasteiger partial charge in [-0.3, -0.25) is 4.79 Å². The lowest BCUT2D eigenvalue weighted by atomic mass is 10.1. The van der Waals surface area contributed by atoms with Crippen molar-refractivity contribution in [2.75, 3.05) is 10.6 Å². The summed E-state index contributed by atoms with van der Waals surface area (Å²) in [5.74, 6) is 0.297. The topological polar surface area (TPSA) is 54.3 Å². The van der Waals surface area contributed by atoms with Crippen molar-refractivity contribution in [2.45, 2.75) is 13.0 Å². The molecule has 0 saturated carbocycles. The van der Waals surface area contributed by atoms with E-state index in [0.29, 0.717) is 12.2 Å². The van der Waals surface area contributed by atoms with Crippen LogP contribution in [0.2, 0.25) is 0 Å². The Morgan fingerprint density at radius 3 is 2.54 bits per heavy atom. The number of hydrogen-bond acceptors (Lipinski definition) is 3. The van der Waals surface area contributed by atoms with Gasteiger partial charge in [0.15, 0.2) is 0 Å². The largest absolute Gasteiger partial charge is 0.467 e. The summed E-state index contributed by atoms with van der Waals surface area (Å²) in [6, 6.07) is 17.2. The van der Waals surface area contributed by atoms with Gasteiger partial charge in [0.25, 0.3) is 0 Å². The van der Waals surface area contributed by atoms with Gasteiger partial charge in [-0.15, -0.1) is 0 Å². The van der Waals surface area contributed by atoms with Crippen LogP contribution in [-0.4, -0.2) is 5.91 Å². The van der Waals surface area contributed by atoms with Gasteiger partial charge in [0.2, 0.25) is 5.91 Å². The molecule has 122 valence electrons. The van der Waals surface area contributed by atoms with Gasteiger partial charge in [-0.05, 0) is 48.0 Å². The summed E-state index contributed by atoms with van der Waals surface area (Å²) in [6.45, 7) is 0.604. The number of furan rings is 1. The number of hydrogen-bond donors (Lipinski definition) is 2. The zero-order valence-electron chi connectivity index (χ0n) is 13.0. The third-order valence-electron chi connectivity index (χ3n) is 3.47. The molecule has 0 fully saturated rings. The second-order valence-corrected chi connectivity index (χ2v) is 5.37. The van der Waals surface area contributed by atoms with Crippen LogP contribution in [0.3, 0.4) is 0 Å². The highest BCUT2D eigenvalue weighted by Crippen LogP contribution is 2.13. The molecule has 0 radical (unpaired) electrons. The minimum absolute atomic E-state index is 0.183. The van der Waals surface area contributed by atoms with Crippen molar-refractivity contribution in [3.8, 4) is 0 Å². The molecule has 0 aliphatic carbocycles. The normalized spacial score (nSPS) is 10.4. The molecule has 0 bridgehead atoms. The van der Waals surface area contributed by atoms with E-state index in [1.54, 1.807) is 18.4 Å². The van der Waals surface area contributed by atoms with Crippen LogP contribution in [0.1, 0.15) is 11.3 Å². The van der Waals surface area contributed by atoms with Gasteiger partial charge in [0.05, 0.1) is 19.2 Å². The molecule has 0 aliphatic rings. The Kier molecular flexibility index (Phi) is 4.91. The van der Waals surface area contributed by atoms with Crippen LogP contribution in [0.4, 0.5) is 15.8 Å². The average molecular weight is 324 g/mol. The first-order valence-electron chi connectivity index (χ1n) is 7.60. The highest BCUT2D eigenvalue weighted by molar-refractivity contribution is 5.92. The van der Waals surface area contributed by atoms with Crippen molar-refractivity contribution >= 4 is 17.3 Å². The number of benzene rings is 2. The summed E-state index contributed by atoms with van der Waals surface area (Å²) < 4.78 is 18.4. The lowest BCUT2D eigenvalue weighted by Crippen LogP contribution is -2.14.